The SMILES string of the molecule is COc1ccccc1CNNC(=O)[C@@]1(CCC(=O)OC(C)(C)C)N=C(c2ccc(OCCCO)cc2)O[C@H]1c1ccccc1Br. The molecule has 1 aliphatic rings. The molecule has 45 heavy (non-hydrogen) atoms. The Balaban J connectivity index is 1.70. The summed E-state index contributed by atoms with van der Waals surface area (Å²) in [6.45, 7) is 6.10. The quantitative estimate of drug-likeness (QED) is 0.117. The van der Waals surface area contributed by atoms with Crippen LogP contribution in [0.2, 0.25) is 0 Å². The summed E-state index contributed by atoms with van der Waals surface area (Å²) in [5.41, 5.74) is 5.79. The second-order valence-corrected chi connectivity index (χ2v) is 12.4. The number of hydrogen-bond acceptors (Lipinski definition) is 9. The minimum Gasteiger partial charge on any atom is -0.496 e. The van der Waals surface area contributed by atoms with E-state index in [4.69, 9.17) is 29.0 Å². The van der Waals surface area contributed by atoms with Crippen molar-refractivity contribution in [3.8, 4) is 11.5 Å². The molecule has 10 nitrogen and oxygen atoms in total. The number of ether oxygens (including phenoxy) is 4. The third-order valence-corrected chi connectivity index (χ3v) is 7.74. The van der Waals surface area contributed by atoms with Gasteiger partial charge >= 0.3 is 5.97 Å². The number of carbonyl (C=O) groups excluding carboxylic acids is 2. The molecule has 11 heteroatoms. The van der Waals surface area contributed by atoms with Gasteiger partial charge in [-0.05, 0) is 63.6 Å². The molecular formula is C34H40BrN3O7. The number of esters is 1. The van der Waals surface area contributed by atoms with E-state index >= 15 is 0 Å². The molecule has 1 aliphatic heterocycles. The van der Waals surface area contributed by atoms with Crippen LogP contribution in [0.15, 0.2) is 82.3 Å². The molecule has 0 fully saturated rings. The van der Waals surface area contributed by atoms with Crippen LogP contribution in [0.3, 0.4) is 0 Å². The van der Waals surface area contributed by atoms with E-state index in [9.17, 15) is 9.59 Å². The highest BCUT2D eigenvalue weighted by molar-refractivity contribution is 9.10. The van der Waals surface area contributed by atoms with Gasteiger partial charge in [-0.2, -0.15) is 0 Å². The van der Waals surface area contributed by atoms with Crippen molar-refractivity contribution in [2.45, 2.75) is 63.8 Å². The van der Waals surface area contributed by atoms with Crippen LogP contribution in [0, 0.1) is 0 Å². The highest BCUT2D eigenvalue weighted by Gasteiger charge is 2.54. The molecule has 0 bridgehead atoms. The average Bonchev–Trinajstić information content (AvgIpc) is 3.41. The Labute approximate surface area is 272 Å². The van der Waals surface area contributed by atoms with Crippen LogP contribution >= 0.6 is 15.9 Å². The van der Waals surface area contributed by atoms with Crippen molar-refractivity contribution >= 4 is 33.7 Å². The first kappa shape index (κ1) is 34.0. The average molecular weight is 683 g/mol. The predicted molar refractivity (Wildman–Crippen MR) is 174 cm³/mol. The summed E-state index contributed by atoms with van der Waals surface area (Å²) in [5.74, 6) is 0.638. The normalized spacial score (nSPS) is 17.6. The van der Waals surface area contributed by atoms with Gasteiger partial charge in [-0.1, -0.05) is 52.3 Å². The van der Waals surface area contributed by atoms with Crippen molar-refractivity contribution in [2.75, 3.05) is 20.3 Å². The maximum atomic E-state index is 14.3. The molecule has 3 aromatic rings. The molecule has 0 saturated carbocycles. The number of halogens is 1. The third-order valence-electron chi connectivity index (χ3n) is 7.02. The van der Waals surface area contributed by atoms with E-state index in [1.807, 2.05) is 48.5 Å². The molecule has 240 valence electrons. The number of rotatable bonds is 14. The molecule has 0 saturated heterocycles. The highest BCUT2D eigenvalue weighted by Crippen LogP contribution is 2.45. The first-order chi connectivity index (χ1) is 21.6. The van der Waals surface area contributed by atoms with E-state index in [0.717, 1.165) is 10.0 Å². The zero-order valence-corrected chi connectivity index (χ0v) is 27.6. The fourth-order valence-electron chi connectivity index (χ4n) is 4.90. The molecular weight excluding hydrogens is 642 g/mol. The minimum absolute atomic E-state index is 0.0158. The van der Waals surface area contributed by atoms with Crippen LogP contribution in [0.1, 0.15) is 62.8 Å². The fraction of sp³-hybridized carbons (Fsp3) is 0.382. The lowest BCUT2D eigenvalue weighted by atomic mass is 9.83. The third kappa shape index (κ3) is 8.84. The first-order valence-corrected chi connectivity index (χ1v) is 15.6. The number of para-hydroxylation sites is 1. The van der Waals surface area contributed by atoms with Gasteiger partial charge in [0.25, 0.3) is 5.91 Å². The Hall–Kier alpha value is -3.93. The smallest absolute Gasteiger partial charge is 0.306 e. The number of carbonyl (C=O) groups is 2. The maximum Gasteiger partial charge on any atom is 0.306 e. The molecule has 0 aliphatic carbocycles. The van der Waals surface area contributed by atoms with Crippen molar-refractivity contribution in [3.63, 3.8) is 0 Å². The lowest BCUT2D eigenvalue weighted by Gasteiger charge is -2.31. The van der Waals surface area contributed by atoms with E-state index < -0.39 is 29.1 Å². The van der Waals surface area contributed by atoms with Gasteiger partial charge in [0.1, 0.15) is 17.1 Å². The monoisotopic (exact) mass is 681 g/mol. The number of benzene rings is 3. The summed E-state index contributed by atoms with van der Waals surface area (Å²) < 4.78 is 23.9. The highest BCUT2D eigenvalue weighted by atomic mass is 79.9. The van der Waals surface area contributed by atoms with Crippen molar-refractivity contribution in [2.24, 2.45) is 4.99 Å². The summed E-state index contributed by atoms with van der Waals surface area (Å²) in [7, 11) is 1.59. The first-order valence-electron chi connectivity index (χ1n) is 14.8. The molecule has 0 spiro atoms. The van der Waals surface area contributed by atoms with E-state index in [2.05, 4.69) is 26.8 Å². The molecule has 0 radical (unpaired) electrons. The van der Waals surface area contributed by atoms with Crippen LogP contribution in [0.4, 0.5) is 0 Å². The van der Waals surface area contributed by atoms with Crippen LogP contribution in [-0.2, 0) is 25.6 Å². The number of nitrogens with zero attached hydrogens (tertiary/aromatic N) is 1. The van der Waals surface area contributed by atoms with Gasteiger partial charge in [-0.25, -0.2) is 10.4 Å². The van der Waals surface area contributed by atoms with E-state index in [1.165, 1.54) is 0 Å². The zero-order valence-electron chi connectivity index (χ0n) is 26.0. The number of methoxy groups -OCH3 is 1. The topological polar surface area (TPSA) is 128 Å². The van der Waals surface area contributed by atoms with E-state index in [-0.39, 0.29) is 31.9 Å². The number of nitrogens with one attached hydrogen (secondary N) is 2. The number of hydrogen-bond donors (Lipinski definition) is 3. The largest absolute Gasteiger partial charge is 0.496 e. The van der Waals surface area contributed by atoms with Crippen molar-refractivity contribution in [1.82, 2.24) is 10.9 Å². The van der Waals surface area contributed by atoms with Gasteiger partial charge in [-0.3, -0.25) is 15.0 Å². The lowest BCUT2D eigenvalue weighted by Crippen LogP contribution is -2.52. The summed E-state index contributed by atoms with van der Waals surface area (Å²) in [5, 5.41) is 9.05. The summed E-state index contributed by atoms with van der Waals surface area (Å²) in [6, 6.07) is 22.1. The van der Waals surface area contributed by atoms with Gasteiger partial charge in [0.05, 0.1) is 13.7 Å². The van der Waals surface area contributed by atoms with Gasteiger partial charge in [0, 0.05) is 47.2 Å². The van der Waals surface area contributed by atoms with Crippen LogP contribution in [-0.4, -0.2) is 54.3 Å². The summed E-state index contributed by atoms with van der Waals surface area (Å²) >= 11 is 3.62. The molecule has 4 rings (SSSR count). The van der Waals surface area contributed by atoms with Gasteiger partial charge < -0.3 is 24.1 Å². The van der Waals surface area contributed by atoms with Crippen molar-refractivity contribution in [3.05, 3.63) is 94.0 Å². The molecule has 1 amide bonds. The summed E-state index contributed by atoms with van der Waals surface area (Å²) in [6.07, 6.45) is -0.414. The Bertz CT molecular complexity index is 1490. The molecule has 0 unspecified atom stereocenters. The number of aliphatic hydroxyl groups excluding tert-OH is 1. The van der Waals surface area contributed by atoms with Crippen molar-refractivity contribution < 1.29 is 33.6 Å². The molecule has 2 atom stereocenters. The Morgan fingerprint density at radius 2 is 1.76 bits per heavy atom. The molecule has 3 N–H and O–H groups in total. The van der Waals surface area contributed by atoms with E-state index in [0.29, 0.717) is 35.7 Å². The standard InChI is InChI=1S/C34H40BrN3O7/c1-33(2,3)45-29(40)18-19-34(32(41)38-36-22-24-10-5-8-13-28(24)42-4)30(26-11-6-7-12-27(26)35)44-31(37-34)23-14-16-25(17-15-23)43-21-9-20-39/h5-8,10-17,30,36,39H,9,18-22H2,1-4H3,(H,38,41)/t30-,34-/m0/s1. The number of aliphatic imine (C=N–C) groups is 1. The van der Waals surface area contributed by atoms with Gasteiger partial charge in [0.15, 0.2) is 11.6 Å². The predicted octanol–water partition coefficient (Wildman–Crippen LogP) is 5.42. The van der Waals surface area contributed by atoms with Gasteiger partial charge in [-0.15, -0.1) is 0 Å². The van der Waals surface area contributed by atoms with Gasteiger partial charge in [0.2, 0.25) is 5.90 Å². The van der Waals surface area contributed by atoms with E-state index in [1.54, 1.807) is 52.1 Å². The lowest BCUT2D eigenvalue weighted by molar-refractivity contribution is -0.155. The minimum atomic E-state index is -1.54. The Morgan fingerprint density at radius 3 is 2.44 bits per heavy atom. The molecule has 0 aromatic heterocycles. The number of hydrazine groups is 1. The second-order valence-electron chi connectivity index (χ2n) is 11.5. The van der Waals surface area contributed by atoms with Crippen LogP contribution < -0.4 is 20.3 Å². The molecule has 3 aromatic carbocycles. The Morgan fingerprint density at radius 1 is 1.04 bits per heavy atom. The number of aliphatic hydroxyl groups is 1. The summed E-state index contributed by atoms with van der Waals surface area (Å²) in [4.78, 5) is 32.2. The van der Waals surface area contributed by atoms with Crippen molar-refractivity contribution in [1.29, 1.82) is 0 Å². The molecule has 1 heterocycles. The number of amides is 1. The fourth-order valence-corrected chi connectivity index (χ4v) is 5.39. The van der Waals surface area contributed by atoms with Crippen LogP contribution in [0.5, 0.6) is 11.5 Å². The maximum absolute atomic E-state index is 14.3. The zero-order chi connectivity index (χ0) is 32.5. The Kier molecular flexibility index (Phi) is 11.6. The second kappa shape index (κ2) is 15.4. The van der Waals surface area contributed by atoms with Crippen LogP contribution in [0.25, 0.3) is 0 Å².